The Labute approximate surface area is 151 Å². The highest BCUT2D eigenvalue weighted by Gasteiger charge is 2.12. The molecule has 0 spiro atoms. The smallest absolute Gasteiger partial charge is 0.203 e. The molecule has 0 bridgehead atoms. The Morgan fingerprint density at radius 1 is 1.12 bits per heavy atom. The molecule has 1 aromatic heterocycles. The lowest BCUT2D eigenvalue weighted by Gasteiger charge is -2.16. The minimum atomic E-state index is 0.0874. The third kappa shape index (κ3) is 4.48. The van der Waals surface area contributed by atoms with E-state index in [-0.39, 0.29) is 6.04 Å². The molecule has 0 radical (unpaired) electrons. The summed E-state index contributed by atoms with van der Waals surface area (Å²) in [5.74, 6) is 2.23. The summed E-state index contributed by atoms with van der Waals surface area (Å²) in [5, 5.41) is 4.17. The lowest BCUT2D eigenvalue weighted by Crippen LogP contribution is -2.07. The van der Waals surface area contributed by atoms with Gasteiger partial charge in [-0.3, -0.25) is 0 Å². The molecule has 130 valence electrons. The van der Waals surface area contributed by atoms with Crippen molar-refractivity contribution in [3.8, 4) is 11.5 Å². The molecular weight excluding hydrogens is 334 g/mol. The van der Waals surface area contributed by atoms with Crippen LogP contribution in [-0.2, 0) is 6.61 Å². The average molecular weight is 355 g/mol. The van der Waals surface area contributed by atoms with E-state index in [2.05, 4.69) is 21.6 Å². The first-order valence-corrected chi connectivity index (χ1v) is 8.84. The number of rotatable bonds is 7. The van der Waals surface area contributed by atoms with Gasteiger partial charge in [-0.1, -0.05) is 36.4 Å². The van der Waals surface area contributed by atoms with Gasteiger partial charge in [-0.2, -0.15) is 4.37 Å². The molecule has 1 atom stereocenters. The van der Waals surface area contributed by atoms with Gasteiger partial charge >= 0.3 is 0 Å². The zero-order chi connectivity index (χ0) is 17.6. The van der Waals surface area contributed by atoms with Gasteiger partial charge < -0.3 is 14.8 Å². The van der Waals surface area contributed by atoms with Crippen molar-refractivity contribution < 1.29 is 9.47 Å². The van der Waals surface area contributed by atoms with Gasteiger partial charge in [0.25, 0.3) is 0 Å². The third-order valence-electron chi connectivity index (χ3n) is 3.79. The number of aryl methyl sites for hydroxylation is 1. The third-order valence-corrected chi connectivity index (χ3v) is 4.53. The van der Waals surface area contributed by atoms with Crippen LogP contribution in [0.25, 0.3) is 0 Å². The van der Waals surface area contributed by atoms with E-state index in [1.807, 2.05) is 55.5 Å². The van der Waals surface area contributed by atoms with Crippen LogP contribution in [0.3, 0.4) is 0 Å². The zero-order valence-electron chi connectivity index (χ0n) is 14.5. The summed E-state index contributed by atoms with van der Waals surface area (Å²) in [7, 11) is 1.65. The van der Waals surface area contributed by atoms with E-state index in [0.29, 0.717) is 6.61 Å². The summed E-state index contributed by atoms with van der Waals surface area (Å²) in [4.78, 5) is 4.34. The Bertz CT molecular complexity index is 821. The van der Waals surface area contributed by atoms with Crippen LogP contribution in [0.1, 0.15) is 29.9 Å². The fourth-order valence-electron chi connectivity index (χ4n) is 2.43. The monoisotopic (exact) mass is 355 g/mol. The molecule has 3 rings (SSSR count). The van der Waals surface area contributed by atoms with Gasteiger partial charge in [0.15, 0.2) is 11.5 Å². The van der Waals surface area contributed by atoms with E-state index in [1.165, 1.54) is 11.5 Å². The van der Waals surface area contributed by atoms with Crippen molar-refractivity contribution in [2.24, 2.45) is 0 Å². The predicted molar refractivity (Wildman–Crippen MR) is 100 cm³/mol. The van der Waals surface area contributed by atoms with Gasteiger partial charge in [-0.05, 0) is 37.1 Å². The number of hydrogen-bond donors (Lipinski definition) is 1. The van der Waals surface area contributed by atoms with Crippen LogP contribution in [0.2, 0.25) is 0 Å². The Hall–Kier alpha value is -2.60. The van der Waals surface area contributed by atoms with Gasteiger partial charge in [0.05, 0.1) is 13.2 Å². The fourth-order valence-corrected chi connectivity index (χ4v) is 3.09. The summed E-state index contributed by atoms with van der Waals surface area (Å²) in [6.45, 7) is 4.47. The van der Waals surface area contributed by atoms with Crippen molar-refractivity contribution in [2.45, 2.75) is 26.5 Å². The highest BCUT2D eigenvalue weighted by atomic mass is 32.1. The van der Waals surface area contributed by atoms with Gasteiger partial charge in [0, 0.05) is 11.5 Å². The van der Waals surface area contributed by atoms with Gasteiger partial charge in [-0.15, -0.1) is 0 Å². The zero-order valence-corrected chi connectivity index (χ0v) is 15.3. The highest BCUT2D eigenvalue weighted by Crippen LogP contribution is 2.32. The lowest BCUT2D eigenvalue weighted by molar-refractivity contribution is 0.284. The maximum absolute atomic E-state index is 5.90. The topological polar surface area (TPSA) is 56.3 Å². The van der Waals surface area contributed by atoms with Gasteiger partial charge in [0.1, 0.15) is 12.4 Å². The second kappa shape index (κ2) is 7.98. The van der Waals surface area contributed by atoms with Crippen LogP contribution >= 0.6 is 11.5 Å². The SMILES string of the molecule is COc1cc(C(C)Nc2nc(C)ns2)ccc1OCc1ccccc1. The summed E-state index contributed by atoms with van der Waals surface area (Å²) in [6.07, 6.45) is 0. The molecule has 0 aliphatic carbocycles. The fraction of sp³-hybridized carbons (Fsp3) is 0.263. The van der Waals surface area contributed by atoms with Crippen LogP contribution in [0.15, 0.2) is 48.5 Å². The summed E-state index contributed by atoms with van der Waals surface area (Å²) in [5.41, 5.74) is 2.21. The average Bonchev–Trinajstić information content (AvgIpc) is 3.05. The molecule has 3 aromatic rings. The number of aromatic nitrogens is 2. The van der Waals surface area contributed by atoms with Crippen molar-refractivity contribution in [3.05, 3.63) is 65.5 Å². The second-order valence-electron chi connectivity index (χ2n) is 5.70. The van der Waals surface area contributed by atoms with Crippen molar-refractivity contribution in [3.63, 3.8) is 0 Å². The molecule has 6 heteroatoms. The first kappa shape index (κ1) is 17.2. The van der Waals surface area contributed by atoms with E-state index in [1.54, 1.807) is 7.11 Å². The quantitative estimate of drug-likeness (QED) is 0.671. The minimum absolute atomic E-state index is 0.0874. The molecule has 2 aromatic carbocycles. The van der Waals surface area contributed by atoms with Crippen molar-refractivity contribution >= 4 is 16.7 Å². The maximum atomic E-state index is 5.90. The predicted octanol–water partition coefficient (Wildman–Crippen LogP) is 4.61. The standard InChI is InChI=1S/C19H21N3O2S/c1-13(20-19-21-14(2)22-25-19)16-9-10-17(18(11-16)23-3)24-12-15-7-5-4-6-8-15/h4-11,13H,12H2,1-3H3,(H,20,21,22). The van der Waals surface area contributed by atoms with Crippen LogP contribution < -0.4 is 14.8 Å². The van der Waals surface area contributed by atoms with E-state index >= 15 is 0 Å². The summed E-state index contributed by atoms with van der Waals surface area (Å²) >= 11 is 1.36. The van der Waals surface area contributed by atoms with E-state index in [9.17, 15) is 0 Å². The molecule has 1 heterocycles. The molecule has 0 fully saturated rings. The Kier molecular flexibility index (Phi) is 5.50. The number of methoxy groups -OCH3 is 1. The first-order valence-electron chi connectivity index (χ1n) is 8.07. The molecule has 0 aliphatic heterocycles. The summed E-state index contributed by atoms with van der Waals surface area (Å²) in [6, 6.07) is 16.1. The molecule has 0 aliphatic rings. The molecule has 0 saturated heterocycles. The van der Waals surface area contributed by atoms with E-state index in [4.69, 9.17) is 9.47 Å². The number of anilines is 1. The molecule has 1 unspecified atom stereocenters. The van der Waals surface area contributed by atoms with Gasteiger partial charge in [0.2, 0.25) is 5.13 Å². The minimum Gasteiger partial charge on any atom is -0.493 e. The second-order valence-corrected chi connectivity index (χ2v) is 6.45. The van der Waals surface area contributed by atoms with Crippen LogP contribution in [0.4, 0.5) is 5.13 Å². The lowest BCUT2D eigenvalue weighted by atomic mass is 10.1. The van der Waals surface area contributed by atoms with Crippen molar-refractivity contribution in [2.75, 3.05) is 12.4 Å². The van der Waals surface area contributed by atoms with Gasteiger partial charge in [-0.25, -0.2) is 4.98 Å². The molecule has 0 saturated carbocycles. The molecule has 5 nitrogen and oxygen atoms in total. The summed E-state index contributed by atoms with van der Waals surface area (Å²) < 4.78 is 15.6. The largest absolute Gasteiger partial charge is 0.493 e. The number of benzene rings is 2. The Morgan fingerprint density at radius 3 is 2.60 bits per heavy atom. The van der Waals surface area contributed by atoms with Crippen molar-refractivity contribution in [1.82, 2.24) is 9.36 Å². The van der Waals surface area contributed by atoms with Crippen LogP contribution in [0.5, 0.6) is 11.5 Å². The number of ether oxygens (including phenoxy) is 2. The normalized spacial score (nSPS) is 11.8. The van der Waals surface area contributed by atoms with E-state index < -0.39 is 0 Å². The number of nitrogens with zero attached hydrogens (tertiary/aromatic N) is 2. The van der Waals surface area contributed by atoms with Crippen LogP contribution in [0, 0.1) is 6.92 Å². The van der Waals surface area contributed by atoms with Crippen molar-refractivity contribution in [1.29, 1.82) is 0 Å². The Balaban J connectivity index is 1.70. The first-order chi connectivity index (χ1) is 12.2. The molecule has 1 N–H and O–H groups in total. The highest BCUT2D eigenvalue weighted by molar-refractivity contribution is 7.09. The Morgan fingerprint density at radius 2 is 1.92 bits per heavy atom. The molecular formula is C19H21N3O2S. The maximum Gasteiger partial charge on any atom is 0.203 e. The van der Waals surface area contributed by atoms with Crippen LogP contribution in [-0.4, -0.2) is 16.5 Å². The molecule has 0 amide bonds. The number of hydrogen-bond acceptors (Lipinski definition) is 6. The molecule has 25 heavy (non-hydrogen) atoms. The van der Waals surface area contributed by atoms with E-state index in [0.717, 1.165) is 33.6 Å². The number of nitrogens with one attached hydrogen (secondary N) is 1.